The summed E-state index contributed by atoms with van der Waals surface area (Å²) in [5.41, 5.74) is 7.16. The number of pyridine rings is 3. The standard InChI is InChI=1S/C22H22N6O/c1-13-4-3-5-19(25-13)22-16(10-24-28-22)17-6-7-18-21(27-17)15(8-9-23-18)20-12-29-11-14(2)26-20/h3-10,14,20,26H,11-12H2,1-2H3,(H,24,28). The molecule has 2 unspecified atom stereocenters. The number of hydrogen-bond acceptors (Lipinski definition) is 6. The van der Waals surface area contributed by atoms with Crippen molar-refractivity contribution in [2.75, 3.05) is 13.2 Å². The monoisotopic (exact) mass is 386 g/mol. The quantitative estimate of drug-likeness (QED) is 0.561. The van der Waals surface area contributed by atoms with E-state index in [1.807, 2.05) is 55.7 Å². The third-order valence-electron chi connectivity index (χ3n) is 5.18. The van der Waals surface area contributed by atoms with E-state index in [1.165, 1.54) is 0 Å². The van der Waals surface area contributed by atoms with E-state index in [0.717, 1.165) is 51.5 Å². The molecule has 0 radical (unpaired) electrons. The lowest BCUT2D eigenvalue weighted by Gasteiger charge is -2.29. The van der Waals surface area contributed by atoms with Gasteiger partial charge in [0, 0.05) is 35.3 Å². The maximum Gasteiger partial charge on any atom is 0.120 e. The fourth-order valence-corrected chi connectivity index (χ4v) is 3.81. The van der Waals surface area contributed by atoms with Crippen molar-refractivity contribution in [3.8, 4) is 22.6 Å². The highest BCUT2D eigenvalue weighted by molar-refractivity contribution is 5.84. The van der Waals surface area contributed by atoms with Crippen molar-refractivity contribution in [2.45, 2.75) is 25.9 Å². The van der Waals surface area contributed by atoms with Gasteiger partial charge in [0.15, 0.2) is 0 Å². The van der Waals surface area contributed by atoms with Crippen LogP contribution in [0.3, 0.4) is 0 Å². The lowest BCUT2D eigenvalue weighted by Crippen LogP contribution is -2.41. The highest BCUT2D eigenvalue weighted by Crippen LogP contribution is 2.31. The zero-order chi connectivity index (χ0) is 19.8. The number of morpholine rings is 1. The van der Waals surface area contributed by atoms with Gasteiger partial charge in [0.1, 0.15) is 5.69 Å². The van der Waals surface area contributed by atoms with Crippen molar-refractivity contribution in [1.82, 2.24) is 30.5 Å². The van der Waals surface area contributed by atoms with Crippen LogP contribution >= 0.6 is 0 Å². The Bertz CT molecular complexity index is 1170. The largest absolute Gasteiger partial charge is 0.378 e. The highest BCUT2D eigenvalue weighted by atomic mass is 16.5. The van der Waals surface area contributed by atoms with Crippen molar-refractivity contribution < 1.29 is 4.74 Å². The van der Waals surface area contributed by atoms with Crippen molar-refractivity contribution in [1.29, 1.82) is 0 Å². The Hall–Kier alpha value is -3.16. The molecule has 1 saturated heterocycles. The maximum absolute atomic E-state index is 5.75. The van der Waals surface area contributed by atoms with E-state index in [-0.39, 0.29) is 6.04 Å². The van der Waals surface area contributed by atoms with Crippen LogP contribution in [0.1, 0.15) is 24.2 Å². The number of rotatable bonds is 3. The van der Waals surface area contributed by atoms with Gasteiger partial charge in [-0.3, -0.25) is 15.1 Å². The second-order valence-electron chi connectivity index (χ2n) is 7.43. The molecule has 2 N–H and O–H groups in total. The van der Waals surface area contributed by atoms with Crippen LogP contribution in [0.2, 0.25) is 0 Å². The topological polar surface area (TPSA) is 88.6 Å². The number of ether oxygens (including phenoxy) is 1. The summed E-state index contributed by atoms with van der Waals surface area (Å²) in [6.45, 7) is 5.45. The molecule has 7 heteroatoms. The number of aromatic amines is 1. The lowest BCUT2D eigenvalue weighted by molar-refractivity contribution is 0.0507. The third-order valence-corrected chi connectivity index (χ3v) is 5.18. The van der Waals surface area contributed by atoms with Crippen LogP contribution in [0.25, 0.3) is 33.7 Å². The number of hydrogen-bond donors (Lipinski definition) is 2. The molecular weight excluding hydrogens is 364 g/mol. The molecule has 146 valence electrons. The van der Waals surface area contributed by atoms with Gasteiger partial charge < -0.3 is 10.1 Å². The number of aryl methyl sites for hydroxylation is 1. The van der Waals surface area contributed by atoms with Crippen molar-refractivity contribution >= 4 is 11.0 Å². The van der Waals surface area contributed by atoms with Gasteiger partial charge in [-0.1, -0.05) is 6.07 Å². The fraction of sp³-hybridized carbons (Fsp3) is 0.273. The van der Waals surface area contributed by atoms with E-state index < -0.39 is 0 Å². The third kappa shape index (κ3) is 3.39. The van der Waals surface area contributed by atoms with Gasteiger partial charge in [-0.15, -0.1) is 0 Å². The van der Waals surface area contributed by atoms with Gasteiger partial charge in [-0.2, -0.15) is 5.10 Å². The first-order valence-electron chi connectivity index (χ1n) is 9.76. The van der Waals surface area contributed by atoms with Gasteiger partial charge in [-0.05, 0) is 44.2 Å². The zero-order valence-corrected chi connectivity index (χ0v) is 16.4. The molecule has 7 nitrogen and oxygen atoms in total. The normalized spacial score (nSPS) is 19.5. The van der Waals surface area contributed by atoms with Crippen LogP contribution in [0.15, 0.2) is 48.8 Å². The molecule has 0 bridgehead atoms. The molecule has 5 heterocycles. The summed E-state index contributed by atoms with van der Waals surface area (Å²) >= 11 is 0. The number of aromatic nitrogens is 5. The van der Waals surface area contributed by atoms with Crippen LogP contribution in [-0.2, 0) is 4.74 Å². The molecule has 0 aromatic carbocycles. The summed E-state index contributed by atoms with van der Waals surface area (Å²) < 4.78 is 5.75. The van der Waals surface area contributed by atoms with Gasteiger partial charge in [-0.25, -0.2) is 4.98 Å². The van der Waals surface area contributed by atoms with E-state index in [9.17, 15) is 0 Å². The number of H-pyrrole nitrogens is 1. The molecule has 4 aromatic heterocycles. The first kappa shape index (κ1) is 17.9. The predicted octanol–water partition coefficient (Wildman–Crippen LogP) is 3.44. The minimum absolute atomic E-state index is 0.0919. The smallest absolute Gasteiger partial charge is 0.120 e. The summed E-state index contributed by atoms with van der Waals surface area (Å²) in [4.78, 5) is 14.1. The lowest BCUT2D eigenvalue weighted by atomic mass is 10.0. The number of nitrogens with one attached hydrogen (secondary N) is 2. The first-order valence-corrected chi connectivity index (χ1v) is 9.76. The molecule has 0 amide bonds. The highest BCUT2D eigenvalue weighted by Gasteiger charge is 2.23. The fourth-order valence-electron chi connectivity index (χ4n) is 3.81. The average Bonchev–Trinajstić information content (AvgIpc) is 3.23. The molecule has 0 spiro atoms. The molecule has 0 saturated carbocycles. The van der Waals surface area contributed by atoms with E-state index in [4.69, 9.17) is 9.72 Å². The average molecular weight is 386 g/mol. The van der Waals surface area contributed by atoms with Gasteiger partial charge in [0.25, 0.3) is 0 Å². The van der Waals surface area contributed by atoms with Crippen LogP contribution in [0.4, 0.5) is 0 Å². The Labute approximate surface area is 168 Å². The molecule has 29 heavy (non-hydrogen) atoms. The summed E-state index contributed by atoms with van der Waals surface area (Å²) in [5, 5.41) is 11.0. The number of fused-ring (bicyclic) bond motifs is 1. The second kappa shape index (κ2) is 7.35. The van der Waals surface area contributed by atoms with Crippen LogP contribution in [0, 0.1) is 6.92 Å². The van der Waals surface area contributed by atoms with Crippen LogP contribution in [0.5, 0.6) is 0 Å². The van der Waals surface area contributed by atoms with Crippen LogP contribution in [-0.4, -0.2) is 44.4 Å². The maximum atomic E-state index is 5.75. The van der Waals surface area contributed by atoms with Gasteiger partial charge in [0.05, 0.1) is 41.7 Å². The van der Waals surface area contributed by atoms with Crippen molar-refractivity contribution in [3.05, 3.63) is 60.0 Å². The molecule has 1 fully saturated rings. The van der Waals surface area contributed by atoms with Crippen molar-refractivity contribution in [2.24, 2.45) is 0 Å². The van der Waals surface area contributed by atoms with Crippen molar-refractivity contribution in [3.63, 3.8) is 0 Å². The van der Waals surface area contributed by atoms with Gasteiger partial charge in [0.2, 0.25) is 0 Å². The van der Waals surface area contributed by atoms with E-state index in [2.05, 4.69) is 32.4 Å². The Morgan fingerprint density at radius 2 is 1.97 bits per heavy atom. The van der Waals surface area contributed by atoms with E-state index >= 15 is 0 Å². The first-order chi connectivity index (χ1) is 14.2. The molecule has 1 aliphatic heterocycles. The summed E-state index contributed by atoms with van der Waals surface area (Å²) in [6, 6.07) is 12.3. The number of nitrogens with zero attached hydrogens (tertiary/aromatic N) is 4. The Kier molecular flexibility index (Phi) is 4.54. The Morgan fingerprint density at radius 3 is 2.83 bits per heavy atom. The van der Waals surface area contributed by atoms with E-state index in [0.29, 0.717) is 12.6 Å². The summed E-state index contributed by atoms with van der Waals surface area (Å²) in [6.07, 6.45) is 3.70. The van der Waals surface area contributed by atoms with Gasteiger partial charge >= 0.3 is 0 Å². The minimum Gasteiger partial charge on any atom is -0.378 e. The summed E-state index contributed by atoms with van der Waals surface area (Å²) in [5.74, 6) is 0. The van der Waals surface area contributed by atoms with E-state index in [1.54, 1.807) is 0 Å². The summed E-state index contributed by atoms with van der Waals surface area (Å²) in [7, 11) is 0. The molecule has 5 rings (SSSR count). The zero-order valence-electron chi connectivity index (χ0n) is 16.4. The SMILES string of the molecule is Cc1cccc(-c2n[nH]cc2-c2ccc3nccc(C4COCC(C)N4)c3n2)n1. The predicted molar refractivity (Wildman–Crippen MR) is 111 cm³/mol. The Balaban J connectivity index is 1.61. The second-order valence-corrected chi connectivity index (χ2v) is 7.43. The molecule has 4 aromatic rings. The molecule has 2 atom stereocenters. The minimum atomic E-state index is 0.0919. The Morgan fingerprint density at radius 1 is 1.03 bits per heavy atom. The molecule has 1 aliphatic rings. The van der Waals surface area contributed by atoms with Crippen LogP contribution < -0.4 is 5.32 Å². The molecule has 0 aliphatic carbocycles. The molecular formula is C22H22N6O.